The molecule has 8 aromatic carbocycles. The third kappa shape index (κ3) is 4.01. The Morgan fingerprint density at radius 2 is 0.815 bits per heavy atom. The van der Waals surface area contributed by atoms with Crippen LogP contribution in [0, 0.1) is 0 Å². The van der Waals surface area contributed by atoms with E-state index in [2.05, 4.69) is 184 Å². The van der Waals surface area contributed by atoms with Crippen molar-refractivity contribution in [2.45, 2.75) is 0 Å². The number of hydrogen-bond donors (Lipinski definition) is 0. The second-order valence-corrected chi connectivity index (χ2v) is 14.0. The van der Waals surface area contributed by atoms with Crippen molar-refractivity contribution in [3.8, 4) is 28.5 Å². The molecular weight excluding hydrogens is 661 g/mol. The molecule has 4 aromatic heterocycles. The van der Waals surface area contributed by atoms with Gasteiger partial charge >= 0.3 is 0 Å². The van der Waals surface area contributed by atoms with Gasteiger partial charge in [-0.2, -0.15) is 0 Å². The Morgan fingerprint density at radius 3 is 1.39 bits per heavy atom. The van der Waals surface area contributed by atoms with Crippen molar-refractivity contribution in [2.24, 2.45) is 0 Å². The lowest BCUT2D eigenvalue weighted by Gasteiger charge is -2.22. The lowest BCUT2D eigenvalue weighted by Crippen LogP contribution is -2.10. The van der Waals surface area contributed by atoms with Crippen LogP contribution in [0.15, 0.2) is 186 Å². The van der Waals surface area contributed by atoms with Crippen LogP contribution in [0.2, 0.25) is 0 Å². The third-order valence-corrected chi connectivity index (χ3v) is 11.1. The summed E-state index contributed by atoms with van der Waals surface area (Å²) in [5.74, 6) is 0.860. The SMILES string of the molecule is c1cc(-n2c3ccccc3c3ccccc32)c(-n2c(-c3ccc4oc5ccccc5c4c3)nc3ccccc32)c(-n2c3ccccc3c3ccccc32)c1. The summed E-state index contributed by atoms with van der Waals surface area (Å²) < 4.78 is 13.5. The van der Waals surface area contributed by atoms with Crippen molar-refractivity contribution < 1.29 is 4.42 Å². The van der Waals surface area contributed by atoms with Crippen LogP contribution in [0.5, 0.6) is 0 Å². The van der Waals surface area contributed by atoms with Crippen molar-refractivity contribution >= 4 is 76.6 Å². The van der Waals surface area contributed by atoms with Gasteiger partial charge in [-0.1, -0.05) is 109 Å². The molecule has 0 aliphatic heterocycles. The van der Waals surface area contributed by atoms with Crippen LogP contribution >= 0.6 is 0 Å². The molecule has 0 aliphatic rings. The number of para-hydroxylation sites is 8. The number of benzene rings is 8. The first-order chi connectivity index (χ1) is 26.8. The summed E-state index contributed by atoms with van der Waals surface area (Å²) in [4.78, 5) is 5.44. The van der Waals surface area contributed by atoms with E-state index < -0.39 is 0 Å². The van der Waals surface area contributed by atoms with Crippen molar-refractivity contribution in [3.05, 3.63) is 182 Å². The number of imidazole rings is 1. The molecule has 0 bridgehead atoms. The number of nitrogens with zero attached hydrogens (tertiary/aromatic N) is 4. The Balaban J connectivity index is 1.27. The fourth-order valence-electron chi connectivity index (χ4n) is 8.78. The number of aromatic nitrogens is 4. The summed E-state index contributed by atoms with van der Waals surface area (Å²) in [5.41, 5.74) is 12.5. The van der Waals surface area contributed by atoms with Gasteiger partial charge in [-0.15, -0.1) is 0 Å². The van der Waals surface area contributed by atoms with Gasteiger partial charge in [0.1, 0.15) is 17.0 Å². The van der Waals surface area contributed by atoms with Crippen molar-refractivity contribution in [2.75, 3.05) is 0 Å². The van der Waals surface area contributed by atoms with Crippen LogP contribution in [0.1, 0.15) is 0 Å². The first-order valence-corrected chi connectivity index (χ1v) is 18.3. The minimum absolute atomic E-state index is 0.860. The molecule has 54 heavy (non-hydrogen) atoms. The number of furan rings is 1. The molecule has 0 atom stereocenters. The van der Waals surface area contributed by atoms with Gasteiger partial charge in [-0.25, -0.2) is 4.98 Å². The quantitative estimate of drug-likeness (QED) is 0.184. The van der Waals surface area contributed by atoms with Crippen LogP contribution in [0.25, 0.3) is 105 Å². The number of hydrogen-bond acceptors (Lipinski definition) is 2. The number of rotatable bonds is 4. The summed E-state index contributed by atoms with van der Waals surface area (Å²) in [7, 11) is 0. The lowest BCUT2D eigenvalue weighted by atomic mass is 10.1. The van der Waals surface area contributed by atoms with E-state index in [4.69, 9.17) is 9.40 Å². The van der Waals surface area contributed by atoms with E-state index in [1.807, 2.05) is 12.1 Å². The molecule has 0 unspecified atom stereocenters. The average Bonchev–Trinajstić information content (AvgIpc) is 3.98. The van der Waals surface area contributed by atoms with Gasteiger partial charge in [0.25, 0.3) is 0 Å². The Kier molecular flexibility index (Phi) is 5.99. The molecule has 12 rings (SSSR count). The second-order valence-electron chi connectivity index (χ2n) is 14.0. The fourth-order valence-corrected chi connectivity index (χ4v) is 8.78. The van der Waals surface area contributed by atoms with Crippen LogP contribution in [-0.2, 0) is 0 Å². The van der Waals surface area contributed by atoms with Crippen molar-refractivity contribution in [1.29, 1.82) is 0 Å². The molecule has 4 heterocycles. The zero-order valence-electron chi connectivity index (χ0n) is 29.0. The molecule has 0 spiro atoms. The molecule has 5 heteroatoms. The summed E-state index contributed by atoms with van der Waals surface area (Å²) >= 11 is 0. The highest BCUT2D eigenvalue weighted by atomic mass is 16.3. The van der Waals surface area contributed by atoms with E-state index in [0.29, 0.717) is 0 Å². The van der Waals surface area contributed by atoms with E-state index in [0.717, 1.165) is 83.5 Å². The topological polar surface area (TPSA) is 40.8 Å². The molecule has 0 saturated heterocycles. The molecule has 0 radical (unpaired) electrons. The maximum atomic E-state index is 6.28. The van der Waals surface area contributed by atoms with E-state index >= 15 is 0 Å². The van der Waals surface area contributed by atoms with Gasteiger partial charge in [-0.05, 0) is 72.8 Å². The molecule has 12 aromatic rings. The van der Waals surface area contributed by atoms with Crippen LogP contribution in [-0.4, -0.2) is 18.7 Å². The largest absolute Gasteiger partial charge is 0.456 e. The first kappa shape index (κ1) is 29.2. The highest BCUT2D eigenvalue weighted by molar-refractivity contribution is 6.12. The molecule has 0 amide bonds. The Bertz CT molecular complexity index is 3230. The van der Waals surface area contributed by atoms with Crippen LogP contribution in [0.3, 0.4) is 0 Å². The van der Waals surface area contributed by atoms with Crippen molar-refractivity contribution in [3.63, 3.8) is 0 Å². The molecule has 0 fully saturated rings. The molecule has 0 saturated carbocycles. The van der Waals surface area contributed by atoms with Gasteiger partial charge in [0, 0.05) is 37.9 Å². The minimum atomic E-state index is 0.860. The van der Waals surface area contributed by atoms with Crippen LogP contribution in [0.4, 0.5) is 0 Å². The summed E-state index contributed by atoms with van der Waals surface area (Å²) in [6.07, 6.45) is 0. The number of fused-ring (bicyclic) bond motifs is 10. The summed E-state index contributed by atoms with van der Waals surface area (Å²) in [6.45, 7) is 0. The molecule has 0 N–H and O–H groups in total. The predicted octanol–water partition coefficient (Wildman–Crippen LogP) is 12.8. The van der Waals surface area contributed by atoms with E-state index in [1.54, 1.807) is 0 Å². The predicted molar refractivity (Wildman–Crippen MR) is 222 cm³/mol. The highest BCUT2D eigenvalue weighted by Gasteiger charge is 2.25. The minimum Gasteiger partial charge on any atom is -0.456 e. The molecule has 252 valence electrons. The molecular formula is C49H30N4O. The Hall–Kier alpha value is -7.37. The summed E-state index contributed by atoms with van der Waals surface area (Å²) in [5, 5.41) is 7.03. The molecule has 5 nitrogen and oxygen atoms in total. The van der Waals surface area contributed by atoms with E-state index in [-0.39, 0.29) is 0 Å². The highest BCUT2D eigenvalue weighted by Crippen LogP contribution is 2.42. The monoisotopic (exact) mass is 690 g/mol. The standard InChI is InChI=1S/C49H30N4O/c1-7-20-39-32(14-1)33-15-2-8-21-40(33)51(39)44-25-13-26-45(52-41-22-9-3-16-34(41)35-17-4-10-23-42(35)52)48(44)53-43-24-11-6-19-38(43)50-49(53)31-28-29-47-37(30-31)36-18-5-12-27-46(36)54-47/h1-30H. The van der Waals surface area contributed by atoms with Gasteiger partial charge in [-0.3, -0.25) is 4.57 Å². The normalized spacial score (nSPS) is 12.1. The Labute approximate surface area is 309 Å². The van der Waals surface area contributed by atoms with Gasteiger partial charge in [0.2, 0.25) is 0 Å². The first-order valence-electron chi connectivity index (χ1n) is 18.3. The maximum Gasteiger partial charge on any atom is 0.145 e. The van der Waals surface area contributed by atoms with Crippen molar-refractivity contribution in [1.82, 2.24) is 18.7 Å². The average molecular weight is 691 g/mol. The fraction of sp³-hybridized carbons (Fsp3) is 0. The summed E-state index contributed by atoms with van der Waals surface area (Å²) in [6, 6.07) is 64.8. The maximum absolute atomic E-state index is 6.28. The third-order valence-electron chi connectivity index (χ3n) is 11.1. The van der Waals surface area contributed by atoms with Gasteiger partial charge in [0.05, 0.1) is 50.2 Å². The second kappa shape index (κ2) is 11.1. The van der Waals surface area contributed by atoms with Crippen LogP contribution < -0.4 is 0 Å². The molecule has 0 aliphatic carbocycles. The van der Waals surface area contributed by atoms with E-state index in [1.165, 1.54) is 21.5 Å². The zero-order valence-corrected chi connectivity index (χ0v) is 29.0. The zero-order chi connectivity index (χ0) is 35.3. The Morgan fingerprint density at radius 1 is 0.352 bits per heavy atom. The van der Waals surface area contributed by atoms with E-state index in [9.17, 15) is 0 Å². The van der Waals surface area contributed by atoms with Gasteiger partial charge < -0.3 is 13.6 Å². The lowest BCUT2D eigenvalue weighted by molar-refractivity contribution is 0.669. The smallest absolute Gasteiger partial charge is 0.145 e. The van der Waals surface area contributed by atoms with Gasteiger partial charge in [0.15, 0.2) is 0 Å².